The first-order chi connectivity index (χ1) is 11.9. The van der Waals surface area contributed by atoms with E-state index < -0.39 is 0 Å². The van der Waals surface area contributed by atoms with Crippen LogP contribution in [0.1, 0.15) is 5.56 Å². The number of imidazole rings is 1. The van der Waals surface area contributed by atoms with E-state index >= 15 is 0 Å². The van der Waals surface area contributed by atoms with Crippen molar-refractivity contribution < 1.29 is 14.1 Å². The Morgan fingerprint density at radius 1 is 1.20 bits per heavy atom. The molecule has 1 heterocycles. The molecular weight excluding hydrogens is 391 g/mol. The molecule has 3 rings (SSSR count). The maximum atomic E-state index is 12.9. The van der Waals surface area contributed by atoms with Gasteiger partial charge in [-0.1, -0.05) is 12.1 Å². The smallest absolute Gasteiger partial charge is 0.323 e. The van der Waals surface area contributed by atoms with Gasteiger partial charge < -0.3 is 20.2 Å². The molecule has 130 valence electrons. The number of aromatic nitrogens is 2. The minimum atomic E-state index is -0.297. The Balaban J connectivity index is 1.64. The van der Waals surface area contributed by atoms with Crippen molar-refractivity contribution in [2.24, 2.45) is 0 Å². The Bertz CT molecular complexity index is 965. The second-order valence-corrected chi connectivity index (χ2v) is 6.80. The van der Waals surface area contributed by atoms with Crippen molar-refractivity contribution in [1.29, 1.82) is 0 Å². The van der Waals surface area contributed by atoms with Crippen LogP contribution in [-0.4, -0.2) is 29.5 Å². The fourth-order valence-electron chi connectivity index (χ4n) is 2.63. The summed E-state index contributed by atoms with van der Waals surface area (Å²) in [4.78, 5) is 29.9. The van der Waals surface area contributed by atoms with E-state index in [-0.39, 0.29) is 24.0 Å². The highest BCUT2D eigenvalue weighted by molar-refractivity contribution is 9.10. The van der Waals surface area contributed by atoms with Crippen molar-refractivity contribution in [3.8, 4) is 0 Å². The lowest BCUT2D eigenvalue weighted by atomic mass is 10.2. The molecule has 1 aromatic heterocycles. The van der Waals surface area contributed by atoms with Crippen molar-refractivity contribution in [3.05, 3.63) is 62.7 Å². The van der Waals surface area contributed by atoms with Crippen LogP contribution in [0.2, 0.25) is 0 Å². The van der Waals surface area contributed by atoms with Gasteiger partial charge in [0.2, 0.25) is 0 Å². The molecule has 0 spiro atoms. The summed E-state index contributed by atoms with van der Waals surface area (Å²) in [6.07, 6.45) is 0. The summed E-state index contributed by atoms with van der Waals surface area (Å²) in [6.45, 7) is 0.866. The Kier molecular flexibility index (Phi) is 5.00. The van der Waals surface area contributed by atoms with Crippen LogP contribution < -0.4 is 15.9 Å². The maximum absolute atomic E-state index is 12.9. The predicted molar refractivity (Wildman–Crippen MR) is 97.1 cm³/mol. The Morgan fingerprint density at radius 2 is 1.84 bits per heavy atom. The van der Waals surface area contributed by atoms with E-state index in [1.807, 2.05) is 7.05 Å². The van der Waals surface area contributed by atoms with Crippen LogP contribution in [0.3, 0.4) is 0 Å². The van der Waals surface area contributed by atoms with Gasteiger partial charge in [-0.05, 0) is 40.2 Å². The van der Waals surface area contributed by atoms with Crippen molar-refractivity contribution >= 4 is 38.6 Å². The average Bonchev–Trinajstić information content (AvgIpc) is 2.88. The molecule has 0 aliphatic carbocycles. The highest BCUT2D eigenvalue weighted by atomic mass is 79.9. The quantitative estimate of drug-likeness (QED) is 0.515. The van der Waals surface area contributed by atoms with Gasteiger partial charge in [0, 0.05) is 10.0 Å². The second kappa shape index (κ2) is 7.20. The molecule has 1 unspecified atom stereocenters. The normalized spacial score (nSPS) is 12.3. The topological polar surface area (TPSA) is 82.2 Å². The van der Waals surface area contributed by atoms with Crippen LogP contribution in [-0.2, 0) is 11.3 Å². The number of carbonyl (C=O) groups excluding carboxylic acids is 1. The largest absolute Gasteiger partial charge is 0.326 e. The number of hydrogen-bond acceptors (Lipinski definition) is 2. The minimum Gasteiger partial charge on any atom is -0.326 e. The van der Waals surface area contributed by atoms with Gasteiger partial charge in [0.05, 0.1) is 23.8 Å². The molecule has 2 aromatic carbocycles. The van der Waals surface area contributed by atoms with Crippen LogP contribution in [0.4, 0.5) is 10.1 Å². The first-order valence-electron chi connectivity index (χ1n) is 7.68. The van der Waals surface area contributed by atoms with E-state index in [1.54, 1.807) is 24.3 Å². The van der Waals surface area contributed by atoms with Gasteiger partial charge >= 0.3 is 5.69 Å². The van der Waals surface area contributed by atoms with Gasteiger partial charge in [-0.15, -0.1) is 0 Å². The Morgan fingerprint density at radius 3 is 2.52 bits per heavy atom. The van der Waals surface area contributed by atoms with Crippen LogP contribution in [0.5, 0.6) is 0 Å². The number of H-pyrrole nitrogens is 2. The van der Waals surface area contributed by atoms with E-state index in [0.717, 1.165) is 10.5 Å². The van der Waals surface area contributed by atoms with Crippen molar-refractivity contribution in [1.82, 2.24) is 9.97 Å². The average molecular weight is 408 g/mol. The zero-order valence-electron chi connectivity index (χ0n) is 13.5. The molecule has 0 fully saturated rings. The third-order valence-corrected chi connectivity index (χ3v) is 4.42. The first kappa shape index (κ1) is 17.4. The van der Waals surface area contributed by atoms with E-state index in [0.29, 0.717) is 27.7 Å². The molecular formula is C17H17BrFN4O2+. The van der Waals surface area contributed by atoms with Gasteiger partial charge in [0.1, 0.15) is 12.4 Å². The van der Waals surface area contributed by atoms with E-state index in [1.165, 1.54) is 12.1 Å². The van der Waals surface area contributed by atoms with Crippen molar-refractivity contribution in [2.75, 3.05) is 18.9 Å². The number of likely N-dealkylation sites (N-methyl/N-ethyl adjacent to an activating group) is 1. The highest BCUT2D eigenvalue weighted by Crippen LogP contribution is 2.26. The number of nitrogens with one attached hydrogen (secondary N) is 4. The second-order valence-electron chi connectivity index (χ2n) is 5.94. The van der Waals surface area contributed by atoms with Gasteiger partial charge in [-0.3, -0.25) is 4.79 Å². The van der Waals surface area contributed by atoms with Gasteiger partial charge in [0.25, 0.3) is 5.91 Å². The zero-order chi connectivity index (χ0) is 18.0. The molecule has 3 aromatic rings. The lowest BCUT2D eigenvalue weighted by molar-refractivity contribution is -0.885. The Hall–Kier alpha value is -2.45. The molecule has 8 heteroatoms. The van der Waals surface area contributed by atoms with Crippen LogP contribution in [0, 0.1) is 5.82 Å². The van der Waals surface area contributed by atoms with Crippen molar-refractivity contribution in [3.63, 3.8) is 0 Å². The molecule has 0 aliphatic heterocycles. The van der Waals surface area contributed by atoms with E-state index in [4.69, 9.17) is 0 Å². The molecule has 0 saturated heterocycles. The number of amides is 1. The summed E-state index contributed by atoms with van der Waals surface area (Å²) in [7, 11) is 1.89. The minimum absolute atomic E-state index is 0.155. The summed E-state index contributed by atoms with van der Waals surface area (Å²) in [5, 5.41) is 2.83. The molecule has 0 bridgehead atoms. The molecule has 0 aliphatic rings. The molecule has 1 atom stereocenters. The Labute approximate surface area is 151 Å². The maximum Gasteiger partial charge on any atom is 0.323 e. The van der Waals surface area contributed by atoms with E-state index in [2.05, 4.69) is 31.2 Å². The monoisotopic (exact) mass is 407 g/mol. The zero-order valence-corrected chi connectivity index (χ0v) is 15.0. The van der Waals surface area contributed by atoms with Crippen LogP contribution in [0.15, 0.2) is 45.7 Å². The SMILES string of the molecule is C[NH+](CC(=O)Nc1cc2[nH]c(=O)[nH]c2cc1Br)Cc1ccc(F)cc1. The molecule has 1 amide bonds. The third-order valence-electron chi connectivity index (χ3n) is 3.76. The number of fused-ring (bicyclic) bond motifs is 1. The van der Waals surface area contributed by atoms with Gasteiger partial charge in [0.15, 0.2) is 6.54 Å². The molecule has 0 saturated carbocycles. The lowest BCUT2D eigenvalue weighted by Crippen LogP contribution is -3.08. The summed E-state index contributed by atoms with van der Waals surface area (Å²) >= 11 is 3.39. The molecule has 25 heavy (non-hydrogen) atoms. The van der Waals surface area contributed by atoms with Crippen LogP contribution >= 0.6 is 15.9 Å². The number of halogens is 2. The third kappa shape index (κ3) is 4.34. The molecule has 6 nitrogen and oxygen atoms in total. The highest BCUT2D eigenvalue weighted by Gasteiger charge is 2.13. The fourth-order valence-corrected chi connectivity index (χ4v) is 3.08. The lowest BCUT2D eigenvalue weighted by Gasteiger charge is -2.14. The van der Waals surface area contributed by atoms with E-state index in [9.17, 15) is 14.0 Å². The standard InChI is InChI=1S/C17H16BrFN4O2/c1-23(8-10-2-4-11(19)5-3-10)9-16(24)20-13-7-15-14(6-12(13)18)21-17(25)22-15/h2-7H,8-9H2,1H3,(H,20,24)(H2,21,22,25)/p+1. The molecule has 4 N–H and O–H groups in total. The number of rotatable bonds is 5. The molecule has 0 radical (unpaired) electrons. The van der Waals surface area contributed by atoms with Crippen LogP contribution in [0.25, 0.3) is 11.0 Å². The van der Waals surface area contributed by atoms with Crippen molar-refractivity contribution in [2.45, 2.75) is 6.54 Å². The van der Waals surface area contributed by atoms with Gasteiger partial charge in [-0.2, -0.15) is 0 Å². The summed E-state index contributed by atoms with van der Waals surface area (Å²) < 4.78 is 13.6. The number of hydrogen-bond donors (Lipinski definition) is 4. The number of aromatic amines is 2. The number of anilines is 1. The summed E-state index contributed by atoms with van der Waals surface area (Å²) in [5.74, 6) is -0.431. The predicted octanol–water partition coefficient (Wildman–Crippen LogP) is 1.41. The number of quaternary nitrogens is 1. The summed E-state index contributed by atoms with van der Waals surface area (Å²) in [6, 6.07) is 9.68. The van der Waals surface area contributed by atoms with Gasteiger partial charge in [-0.25, -0.2) is 9.18 Å². The summed E-state index contributed by atoms with van der Waals surface area (Å²) in [5.41, 5.74) is 2.53. The number of benzene rings is 2. The first-order valence-corrected chi connectivity index (χ1v) is 8.47. The fraction of sp³-hybridized carbons (Fsp3) is 0.176. The number of carbonyl (C=O) groups is 1.